The second-order valence-electron chi connectivity index (χ2n) is 3.94. The fourth-order valence-electron chi connectivity index (χ4n) is 1.21. The molecule has 3 N–H and O–H groups in total. The van der Waals surface area contributed by atoms with Crippen LogP contribution in [0.2, 0.25) is 0 Å². The Morgan fingerprint density at radius 3 is 2.31 bits per heavy atom. The van der Waals surface area contributed by atoms with Gasteiger partial charge in [0.1, 0.15) is 0 Å². The molecule has 0 saturated carbocycles. The van der Waals surface area contributed by atoms with Crippen molar-refractivity contribution in [1.82, 2.24) is 10.8 Å². The van der Waals surface area contributed by atoms with Gasteiger partial charge in [0, 0.05) is 6.26 Å². The number of hydroxylamine groups is 1. The second-order valence-corrected chi connectivity index (χ2v) is 6.39. The number of nitrogens with one attached hydrogen (secondary N) is 2. The molecule has 0 aliphatic heterocycles. The third-order valence-corrected chi connectivity index (χ3v) is 4.63. The fourth-order valence-corrected chi connectivity index (χ4v) is 2.07. The molecular weight excluding hydrogens is 232 g/mol. The third-order valence-electron chi connectivity index (χ3n) is 2.61. The minimum atomic E-state index is -3.58. The Morgan fingerprint density at radius 2 is 1.94 bits per heavy atom. The molecule has 1 atom stereocenters. The summed E-state index contributed by atoms with van der Waals surface area (Å²) in [5.74, 6) is -0.895. The van der Waals surface area contributed by atoms with E-state index in [1.807, 2.05) is 6.92 Å². The van der Waals surface area contributed by atoms with E-state index in [2.05, 4.69) is 5.32 Å². The summed E-state index contributed by atoms with van der Waals surface area (Å²) in [6, 6.07) is 0. The first kappa shape index (κ1) is 15.3. The number of hydrogen-bond acceptors (Lipinski definition) is 5. The van der Waals surface area contributed by atoms with Crippen LogP contribution in [0, 0.1) is 0 Å². The monoisotopic (exact) mass is 252 g/mol. The Labute approximate surface area is 96.3 Å². The van der Waals surface area contributed by atoms with E-state index in [1.165, 1.54) is 12.4 Å². The number of hydrogen-bond donors (Lipinski definition) is 3. The first-order chi connectivity index (χ1) is 7.29. The van der Waals surface area contributed by atoms with Gasteiger partial charge in [0.25, 0.3) is 5.91 Å². The Bertz CT molecular complexity index is 328. The van der Waals surface area contributed by atoms with Crippen molar-refractivity contribution in [2.75, 3.05) is 19.3 Å². The van der Waals surface area contributed by atoms with Gasteiger partial charge >= 0.3 is 0 Å². The quantitative estimate of drug-likeness (QED) is 0.328. The molecule has 0 rings (SSSR count). The Morgan fingerprint density at radius 1 is 1.38 bits per heavy atom. The first-order valence-corrected chi connectivity index (χ1v) is 7.03. The van der Waals surface area contributed by atoms with Crippen molar-refractivity contribution in [1.29, 1.82) is 0 Å². The maximum atomic E-state index is 11.5. The second kappa shape index (κ2) is 6.17. The van der Waals surface area contributed by atoms with Gasteiger partial charge in [0.05, 0.1) is 0 Å². The van der Waals surface area contributed by atoms with Gasteiger partial charge in [0.2, 0.25) is 0 Å². The van der Waals surface area contributed by atoms with Crippen molar-refractivity contribution in [2.45, 2.75) is 31.4 Å². The molecule has 0 spiro atoms. The average molecular weight is 252 g/mol. The topological polar surface area (TPSA) is 95.5 Å². The molecule has 16 heavy (non-hydrogen) atoms. The summed E-state index contributed by atoms with van der Waals surface area (Å²) in [6.07, 6.45) is 2.04. The van der Waals surface area contributed by atoms with Crippen LogP contribution in [0.4, 0.5) is 0 Å². The van der Waals surface area contributed by atoms with Crippen molar-refractivity contribution < 1.29 is 18.4 Å². The molecule has 0 bridgehead atoms. The van der Waals surface area contributed by atoms with E-state index in [-0.39, 0.29) is 6.42 Å². The summed E-state index contributed by atoms with van der Waals surface area (Å²) in [7, 11) is -3.58. The van der Waals surface area contributed by atoms with E-state index < -0.39 is 20.5 Å². The normalized spacial score (nSPS) is 15.5. The summed E-state index contributed by atoms with van der Waals surface area (Å²) in [5, 5.41) is 11.6. The van der Waals surface area contributed by atoms with Crippen LogP contribution >= 0.6 is 0 Å². The highest BCUT2D eigenvalue weighted by molar-refractivity contribution is 7.92. The highest BCUT2D eigenvalue weighted by Gasteiger charge is 2.42. The molecule has 1 amide bonds. The molecule has 6 nitrogen and oxygen atoms in total. The van der Waals surface area contributed by atoms with Crippen molar-refractivity contribution in [3.8, 4) is 0 Å². The zero-order chi connectivity index (χ0) is 12.8. The number of sulfone groups is 1. The minimum Gasteiger partial charge on any atom is -0.317 e. The number of carbonyl (C=O) groups is 1. The predicted octanol–water partition coefficient (Wildman–Crippen LogP) is -0.315. The van der Waals surface area contributed by atoms with Gasteiger partial charge in [0.15, 0.2) is 14.6 Å². The molecule has 0 aliphatic carbocycles. The van der Waals surface area contributed by atoms with Crippen LogP contribution in [0.15, 0.2) is 0 Å². The molecule has 0 aromatic carbocycles. The maximum Gasteiger partial charge on any atom is 0.264 e. The molecule has 0 radical (unpaired) electrons. The van der Waals surface area contributed by atoms with Gasteiger partial charge < -0.3 is 5.32 Å². The van der Waals surface area contributed by atoms with Crippen LogP contribution in [0.5, 0.6) is 0 Å². The highest BCUT2D eigenvalue weighted by Crippen LogP contribution is 2.20. The summed E-state index contributed by atoms with van der Waals surface area (Å²) in [4.78, 5) is 11.4. The first-order valence-electron chi connectivity index (χ1n) is 5.14. The molecule has 0 aromatic heterocycles. The van der Waals surface area contributed by atoms with Gasteiger partial charge in [-0.1, -0.05) is 6.92 Å². The molecular formula is C9H20N2O4S. The maximum absolute atomic E-state index is 11.5. The summed E-state index contributed by atoms with van der Waals surface area (Å²) in [5.41, 5.74) is 1.41. The van der Waals surface area contributed by atoms with Crippen LogP contribution in [0.25, 0.3) is 0 Å². The zero-order valence-electron chi connectivity index (χ0n) is 9.91. The lowest BCUT2D eigenvalue weighted by Gasteiger charge is -2.25. The van der Waals surface area contributed by atoms with E-state index >= 15 is 0 Å². The number of amides is 1. The zero-order valence-corrected chi connectivity index (χ0v) is 10.7. The van der Waals surface area contributed by atoms with E-state index in [0.717, 1.165) is 19.2 Å². The smallest absolute Gasteiger partial charge is 0.264 e. The summed E-state index contributed by atoms with van der Waals surface area (Å²) >= 11 is 0. The molecule has 1 unspecified atom stereocenters. The molecule has 0 heterocycles. The van der Waals surface area contributed by atoms with Crippen LogP contribution in [-0.4, -0.2) is 43.6 Å². The Hall–Kier alpha value is -0.660. The van der Waals surface area contributed by atoms with E-state index in [0.29, 0.717) is 6.54 Å². The third kappa shape index (κ3) is 3.73. The molecule has 7 heteroatoms. The Kier molecular flexibility index (Phi) is 5.91. The summed E-state index contributed by atoms with van der Waals surface area (Å²) in [6.45, 7) is 4.47. The van der Waals surface area contributed by atoms with Crippen LogP contribution in [0.3, 0.4) is 0 Å². The van der Waals surface area contributed by atoms with Gasteiger partial charge in [-0.15, -0.1) is 0 Å². The van der Waals surface area contributed by atoms with Crippen LogP contribution in [0.1, 0.15) is 26.7 Å². The minimum absolute atomic E-state index is 0.123. The van der Waals surface area contributed by atoms with Gasteiger partial charge in [-0.3, -0.25) is 10.0 Å². The van der Waals surface area contributed by atoms with Gasteiger partial charge in [-0.2, -0.15) is 0 Å². The van der Waals surface area contributed by atoms with Gasteiger partial charge in [-0.25, -0.2) is 13.9 Å². The van der Waals surface area contributed by atoms with Crippen molar-refractivity contribution in [3.05, 3.63) is 0 Å². The predicted molar refractivity (Wildman–Crippen MR) is 61.0 cm³/mol. The molecule has 0 saturated heterocycles. The molecule has 96 valence electrons. The highest BCUT2D eigenvalue weighted by atomic mass is 32.2. The van der Waals surface area contributed by atoms with E-state index in [1.54, 1.807) is 0 Å². The SMILES string of the molecule is CCCNCCC(C)(C(=O)NO)S(C)(=O)=O. The standard InChI is InChI=1S/C9H20N2O4S/c1-4-6-10-7-5-9(2,8(12)11-13)16(3,14)15/h10,13H,4-7H2,1-3H3,(H,11,12). The fraction of sp³-hybridized carbons (Fsp3) is 0.889. The largest absolute Gasteiger partial charge is 0.317 e. The van der Waals surface area contributed by atoms with Crippen molar-refractivity contribution >= 4 is 15.7 Å². The molecule has 0 aliphatic rings. The lowest BCUT2D eigenvalue weighted by molar-refractivity contribution is -0.131. The lowest BCUT2D eigenvalue weighted by Crippen LogP contribution is -2.50. The summed E-state index contributed by atoms with van der Waals surface area (Å²) < 4.78 is 21.4. The molecule has 0 fully saturated rings. The average Bonchev–Trinajstić information content (AvgIpc) is 2.21. The van der Waals surface area contributed by atoms with Crippen molar-refractivity contribution in [3.63, 3.8) is 0 Å². The van der Waals surface area contributed by atoms with Crippen LogP contribution in [-0.2, 0) is 14.6 Å². The van der Waals surface area contributed by atoms with Crippen LogP contribution < -0.4 is 10.8 Å². The Balaban J connectivity index is 4.64. The van der Waals surface area contributed by atoms with E-state index in [4.69, 9.17) is 5.21 Å². The van der Waals surface area contributed by atoms with Gasteiger partial charge in [-0.05, 0) is 32.9 Å². The van der Waals surface area contributed by atoms with Crippen molar-refractivity contribution in [2.24, 2.45) is 0 Å². The van der Waals surface area contributed by atoms with E-state index in [9.17, 15) is 13.2 Å². The number of rotatable bonds is 7. The lowest BCUT2D eigenvalue weighted by atomic mass is 10.1. The molecule has 0 aromatic rings. The number of carbonyl (C=O) groups excluding carboxylic acids is 1.